The Kier molecular flexibility index (Phi) is 5.24. The molecule has 0 aliphatic heterocycles. The number of aromatic nitrogens is 4. The Morgan fingerprint density at radius 3 is 2.44 bits per heavy atom. The van der Waals surface area contributed by atoms with Crippen molar-refractivity contribution in [1.29, 1.82) is 0 Å². The van der Waals surface area contributed by atoms with Crippen molar-refractivity contribution in [2.45, 2.75) is 59.4 Å². The average Bonchev–Trinajstić information content (AvgIpc) is 3.08. The quantitative estimate of drug-likeness (QED) is 0.894. The summed E-state index contributed by atoms with van der Waals surface area (Å²) in [7, 11) is 0. The van der Waals surface area contributed by atoms with Crippen molar-refractivity contribution in [3.63, 3.8) is 0 Å². The number of halogens is 3. The molecule has 0 aliphatic carbocycles. The molecule has 9 heteroatoms. The number of hydrogen-bond donors (Lipinski definition) is 1. The van der Waals surface area contributed by atoms with Crippen LogP contribution in [0.4, 0.5) is 13.2 Å². The molecule has 25 heavy (non-hydrogen) atoms. The van der Waals surface area contributed by atoms with E-state index < -0.39 is 23.8 Å². The van der Waals surface area contributed by atoms with E-state index in [2.05, 4.69) is 15.5 Å². The van der Waals surface area contributed by atoms with E-state index in [1.165, 1.54) is 13.8 Å². The zero-order valence-corrected chi connectivity index (χ0v) is 14.8. The maximum atomic E-state index is 12.8. The van der Waals surface area contributed by atoms with Crippen molar-refractivity contribution in [2.75, 3.05) is 0 Å². The van der Waals surface area contributed by atoms with E-state index >= 15 is 0 Å². The molecular formula is C16H22F3N5O. The first-order valence-electron chi connectivity index (χ1n) is 8.02. The molecule has 0 aromatic carbocycles. The number of hydrogen-bond acceptors (Lipinski definition) is 3. The zero-order chi connectivity index (χ0) is 18.9. The van der Waals surface area contributed by atoms with Gasteiger partial charge in [-0.3, -0.25) is 14.2 Å². The number of aryl methyl sites for hydroxylation is 2. The second-order valence-corrected chi connectivity index (χ2v) is 6.02. The molecule has 2 aromatic heterocycles. The van der Waals surface area contributed by atoms with Crippen LogP contribution in [0.1, 0.15) is 55.5 Å². The lowest BCUT2D eigenvalue weighted by Crippen LogP contribution is -2.34. The van der Waals surface area contributed by atoms with Crippen LogP contribution < -0.4 is 5.32 Å². The van der Waals surface area contributed by atoms with Crippen LogP contribution in [-0.2, 0) is 17.5 Å². The second-order valence-electron chi connectivity index (χ2n) is 6.02. The third kappa shape index (κ3) is 3.85. The number of alkyl halides is 3. The molecule has 1 amide bonds. The summed E-state index contributed by atoms with van der Waals surface area (Å²) in [5, 5.41) is 10.6. The third-order valence-electron chi connectivity index (χ3n) is 4.23. The second kappa shape index (κ2) is 6.89. The van der Waals surface area contributed by atoms with Crippen LogP contribution in [0.2, 0.25) is 0 Å². The molecule has 0 saturated heterocycles. The van der Waals surface area contributed by atoms with E-state index in [1.54, 1.807) is 6.20 Å². The highest BCUT2D eigenvalue weighted by molar-refractivity contribution is 5.80. The van der Waals surface area contributed by atoms with E-state index in [1.807, 2.05) is 25.5 Å². The number of amides is 1. The Morgan fingerprint density at radius 2 is 1.96 bits per heavy atom. The summed E-state index contributed by atoms with van der Waals surface area (Å²) < 4.78 is 41.2. The van der Waals surface area contributed by atoms with Gasteiger partial charge in [-0.25, -0.2) is 0 Å². The maximum absolute atomic E-state index is 12.8. The van der Waals surface area contributed by atoms with Crippen molar-refractivity contribution in [2.24, 2.45) is 0 Å². The van der Waals surface area contributed by atoms with Crippen molar-refractivity contribution < 1.29 is 18.0 Å². The molecule has 2 unspecified atom stereocenters. The van der Waals surface area contributed by atoms with Crippen LogP contribution in [0.3, 0.4) is 0 Å². The van der Waals surface area contributed by atoms with Crippen molar-refractivity contribution in [3.8, 4) is 0 Å². The van der Waals surface area contributed by atoms with E-state index in [4.69, 9.17) is 0 Å². The number of nitrogens with zero attached hydrogens (tertiary/aromatic N) is 4. The van der Waals surface area contributed by atoms with Gasteiger partial charge in [0.2, 0.25) is 5.91 Å². The predicted molar refractivity (Wildman–Crippen MR) is 85.9 cm³/mol. The van der Waals surface area contributed by atoms with Gasteiger partial charge < -0.3 is 5.32 Å². The van der Waals surface area contributed by atoms with Crippen LogP contribution in [0.25, 0.3) is 0 Å². The van der Waals surface area contributed by atoms with Crippen molar-refractivity contribution in [1.82, 2.24) is 24.9 Å². The summed E-state index contributed by atoms with van der Waals surface area (Å²) in [5.74, 6) is -0.406. The van der Waals surface area contributed by atoms with Gasteiger partial charge in [-0.1, -0.05) is 0 Å². The summed E-state index contributed by atoms with van der Waals surface area (Å²) in [6.45, 7) is 9.41. The number of rotatable bonds is 5. The summed E-state index contributed by atoms with van der Waals surface area (Å²) in [4.78, 5) is 12.4. The highest BCUT2D eigenvalue weighted by Gasteiger charge is 2.35. The van der Waals surface area contributed by atoms with Crippen LogP contribution in [0, 0.1) is 13.8 Å². The largest absolute Gasteiger partial charge is 0.435 e. The van der Waals surface area contributed by atoms with Gasteiger partial charge >= 0.3 is 6.18 Å². The predicted octanol–water partition coefficient (Wildman–Crippen LogP) is 3.17. The summed E-state index contributed by atoms with van der Waals surface area (Å²) in [5.41, 5.74) is 1.09. The molecule has 0 fully saturated rings. The lowest BCUT2D eigenvalue weighted by atomic mass is 10.1. The fraction of sp³-hybridized carbons (Fsp3) is 0.562. The standard InChI is InChI=1S/C16H22F3N5O/c1-6-23-11(4)13(8-20-23)10(3)21-15(25)12(5)24-9(2)7-14(22-24)16(17,18)19/h7-8,10,12H,6H2,1-5H3,(H,21,25). The Balaban J connectivity index is 2.15. The van der Waals surface area contributed by atoms with Crippen LogP contribution in [0.5, 0.6) is 0 Å². The van der Waals surface area contributed by atoms with E-state index in [0.29, 0.717) is 0 Å². The molecule has 6 nitrogen and oxygen atoms in total. The summed E-state index contributed by atoms with van der Waals surface area (Å²) >= 11 is 0. The van der Waals surface area contributed by atoms with Gasteiger partial charge in [0, 0.05) is 23.5 Å². The van der Waals surface area contributed by atoms with Crippen molar-refractivity contribution in [3.05, 3.63) is 34.9 Å². The minimum atomic E-state index is -4.54. The Morgan fingerprint density at radius 1 is 1.32 bits per heavy atom. The van der Waals surface area contributed by atoms with Gasteiger partial charge in [0.25, 0.3) is 0 Å². The molecule has 2 aromatic rings. The smallest absolute Gasteiger partial charge is 0.348 e. The lowest BCUT2D eigenvalue weighted by Gasteiger charge is -2.19. The first kappa shape index (κ1) is 19.0. The molecule has 0 radical (unpaired) electrons. The van der Waals surface area contributed by atoms with E-state index in [0.717, 1.165) is 28.6 Å². The summed E-state index contributed by atoms with van der Waals surface area (Å²) in [6.07, 6.45) is -2.85. The molecule has 2 heterocycles. The molecule has 0 bridgehead atoms. The lowest BCUT2D eigenvalue weighted by molar-refractivity contribution is -0.142. The van der Waals surface area contributed by atoms with Gasteiger partial charge in [0.05, 0.1) is 12.2 Å². The van der Waals surface area contributed by atoms with E-state index in [-0.39, 0.29) is 11.7 Å². The number of carbonyl (C=O) groups is 1. The summed E-state index contributed by atoms with van der Waals surface area (Å²) in [6, 6.07) is -0.240. The Hall–Kier alpha value is -2.32. The first-order valence-corrected chi connectivity index (χ1v) is 8.02. The molecule has 2 rings (SSSR count). The first-order chi connectivity index (χ1) is 11.6. The molecule has 0 saturated carbocycles. The average molecular weight is 357 g/mol. The van der Waals surface area contributed by atoms with Crippen molar-refractivity contribution >= 4 is 5.91 Å². The molecular weight excluding hydrogens is 335 g/mol. The monoisotopic (exact) mass is 357 g/mol. The molecule has 1 N–H and O–H groups in total. The van der Waals surface area contributed by atoms with Crippen LogP contribution >= 0.6 is 0 Å². The highest BCUT2D eigenvalue weighted by Crippen LogP contribution is 2.29. The SMILES string of the molecule is CCn1ncc(C(C)NC(=O)C(C)n2nc(C(F)(F)F)cc2C)c1C. The van der Waals surface area contributed by atoms with Gasteiger partial charge in [-0.05, 0) is 40.7 Å². The van der Waals surface area contributed by atoms with E-state index in [9.17, 15) is 18.0 Å². The fourth-order valence-corrected chi connectivity index (χ4v) is 2.75. The minimum Gasteiger partial charge on any atom is -0.348 e. The fourth-order valence-electron chi connectivity index (χ4n) is 2.75. The Labute approximate surface area is 144 Å². The Bertz CT molecular complexity index is 762. The topological polar surface area (TPSA) is 64.7 Å². The maximum Gasteiger partial charge on any atom is 0.435 e. The third-order valence-corrected chi connectivity index (χ3v) is 4.23. The van der Waals surface area contributed by atoms with Gasteiger partial charge in [0.15, 0.2) is 5.69 Å². The van der Waals surface area contributed by atoms with Gasteiger partial charge in [0.1, 0.15) is 6.04 Å². The minimum absolute atomic E-state index is 0.276. The molecule has 0 aliphatic rings. The normalized spacial score (nSPS) is 14.4. The molecule has 0 spiro atoms. The van der Waals surface area contributed by atoms with Crippen LogP contribution in [0.15, 0.2) is 12.3 Å². The highest BCUT2D eigenvalue weighted by atomic mass is 19.4. The zero-order valence-electron chi connectivity index (χ0n) is 14.8. The molecule has 138 valence electrons. The number of nitrogens with one attached hydrogen (secondary N) is 1. The van der Waals surface area contributed by atoms with Crippen LogP contribution in [-0.4, -0.2) is 25.5 Å². The van der Waals surface area contributed by atoms with Gasteiger partial charge in [-0.15, -0.1) is 0 Å². The van der Waals surface area contributed by atoms with Gasteiger partial charge in [-0.2, -0.15) is 23.4 Å². The number of carbonyl (C=O) groups excluding carboxylic acids is 1. The molecule has 2 atom stereocenters.